The number of esters is 1. The molecule has 0 bridgehead atoms. The molecule has 26 heavy (non-hydrogen) atoms. The number of nitro groups is 1. The van der Waals surface area contributed by atoms with Crippen LogP contribution >= 0.6 is 11.6 Å². The number of pyridine rings is 1. The number of hydrogen-bond acceptors (Lipinski definition) is 6. The fraction of sp³-hybridized carbons (Fsp3) is 0.200. The van der Waals surface area contributed by atoms with Gasteiger partial charge < -0.3 is 9.47 Å². The van der Waals surface area contributed by atoms with Crippen LogP contribution in [0.5, 0.6) is 5.88 Å². The Hall–Kier alpha value is -2.88. The third-order valence-corrected chi connectivity index (χ3v) is 3.18. The molecule has 0 aliphatic carbocycles. The minimum atomic E-state index is -4.55. The SMILES string of the molecule is O=C(OCc1cccc([N+](=O)[O-])c1)c1cnc(OCC(F)(F)F)c(Cl)c1. The predicted octanol–water partition coefficient (Wildman–Crippen LogP) is 3.94. The standard InChI is InChI=1S/C15H10ClF3N2O5/c16-12-5-10(6-20-13(12)26-8-15(17,18)19)14(22)25-7-9-2-1-3-11(4-9)21(23)24/h1-6H,7-8H2. The normalized spacial score (nSPS) is 11.1. The van der Waals surface area contributed by atoms with Crippen LogP contribution < -0.4 is 4.74 Å². The summed E-state index contributed by atoms with van der Waals surface area (Å²) in [6.45, 7) is -1.82. The first-order chi connectivity index (χ1) is 12.2. The lowest BCUT2D eigenvalue weighted by molar-refractivity contribution is -0.384. The monoisotopic (exact) mass is 390 g/mol. The van der Waals surface area contributed by atoms with Gasteiger partial charge in [-0.3, -0.25) is 10.1 Å². The molecule has 0 aliphatic heterocycles. The fourth-order valence-electron chi connectivity index (χ4n) is 1.79. The Morgan fingerprint density at radius 1 is 1.31 bits per heavy atom. The zero-order chi connectivity index (χ0) is 19.3. The largest absolute Gasteiger partial charge is 0.467 e. The molecule has 0 spiro atoms. The van der Waals surface area contributed by atoms with Crippen molar-refractivity contribution in [2.45, 2.75) is 12.8 Å². The van der Waals surface area contributed by atoms with Crippen molar-refractivity contribution in [1.29, 1.82) is 0 Å². The van der Waals surface area contributed by atoms with E-state index in [1.807, 2.05) is 0 Å². The molecule has 0 amide bonds. The van der Waals surface area contributed by atoms with E-state index in [1.165, 1.54) is 24.3 Å². The molecule has 0 radical (unpaired) electrons. The third kappa shape index (κ3) is 5.59. The number of hydrogen-bond donors (Lipinski definition) is 0. The molecule has 1 aromatic carbocycles. The van der Waals surface area contributed by atoms with Crippen LogP contribution in [0.2, 0.25) is 5.02 Å². The minimum Gasteiger partial charge on any atom is -0.467 e. The first-order valence-electron chi connectivity index (χ1n) is 6.91. The van der Waals surface area contributed by atoms with Gasteiger partial charge in [-0.1, -0.05) is 23.7 Å². The summed E-state index contributed by atoms with van der Waals surface area (Å²) in [4.78, 5) is 25.6. The number of halogens is 4. The van der Waals surface area contributed by atoms with E-state index in [4.69, 9.17) is 16.3 Å². The van der Waals surface area contributed by atoms with Crippen molar-refractivity contribution in [2.24, 2.45) is 0 Å². The molecular formula is C15H10ClF3N2O5. The lowest BCUT2D eigenvalue weighted by Crippen LogP contribution is -2.20. The van der Waals surface area contributed by atoms with Gasteiger partial charge in [-0.05, 0) is 11.6 Å². The van der Waals surface area contributed by atoms with Gasteiger partial charge in [0.05, 0.1) is 10.5 Å². The van der Waals surface area contributed by atoms with Crippen LogP contribution in [-0.2, 0) is 11.3 Å². The van der Waals surface area contributed by atoms with E-state index in [-0.39, 0.29) is 22.9 Å². The Kier molecular flexibility index (Phi) is 5.98. The van der Waals surface area contributed by atoms with Crippen LogP contribution in [-0.4, -0.2) is 28.7 Å². The highest BCUT2D eigenvalue weighted by Crippen LogP contribution is 2.25. The first kappa shape index (κ1) is 19.4. The maximum Gasteiger partial charge on any atom is 0.422 e. The predicted molar refractivity (Wildman–Crippen MR) is 83.0 cm³/mol. The van der Waals surface area contributed by atoms with Gasteiger partial charge in [0.15, 0.2) is 6.61 Å². The average Bonchev–Trinajstić information content (AvgIpc) is 2.58. The summed E-state index contributed by atoms with van der Waals surface area (Å²) in [7, 11) is 0. The molecule has 1 heterocycles. The second-order valence-corrected chi connectivity index (χ2v) is 5.33. The second-order valence-electron chi connectivity index (χ2n) is 4.92. The van der Waals surface area contributed by atoms with Gasteiger partial charge in [-0.2, -0.15) is 13.2 Å². The summed E-state index contributed by atoms with van der Waals surface area (Å²) in [5.41, 5.74) is 0.117. The summed E-state index contributed by atoms with van der Waals surface area (Å²) in [6.07, 6.45) is -3.60. The number of aromatic nitrogens is 1. The van der Waals surface area contributed by atoms with Gasteiger partial charge in [0, 0.05) is 18.3 Å². The topological polar surface area (TPSA) is 91.6 Å². The van der Waals surface area contributed by atoms with E-state index >= 15 is 0 Å². The second kappa shape index (κ2) is 8.00. The molecule has 138 valence electrons. The number of rotatable bonds is 6. The number of carbonyl (C=O) groups excluding carboxylic acids is 1. The molecule has 0 aliphatic rings. The number of nitrogens with zero attached hydrogens (tertiary/aromatic N) is 2. The molecule has 2 aromatic rings. The highest BCUT2D eigenvalue weighted by atomic mass is 35.5. The molecule has 0 unspecified atom stereocenters. The molecule has 2 rings (SSSR count). The summed E-state index contributed by atoms with van der Waals surface area (Å²) < 4.78 is 45.7. The van der Waals surface area contributed by atoms with Crippen molar-refractivity contribution in [3.05, 3.63) is 62.8 Å². The molecule has 0 fully saturated rings. The van der Waals surface area contributed by atoms with Crippen molar-refractivity contribution in [1.82, 2.24) is 4.98 Å². The fourth-order valence-corrected chi connectivity index (χ4v) is 2.01. The van der Waals surface area contributed by atoms with Crippen LogP contribution in [0.25, 0.3) is 0 Å². The average molecular weight is 391 g/mol. The lowest BCUT2D eigenvalue weighted by Gasteiger charge is -2.10. The lowest BCUT2D eigenvalue weighted by atomic mass is 10.2. The Labute approximate surface area is 149 Å². The Bertz CT molecular complexity index is 829. The zero-order valence-corrected chi connectivity index (χ0v) is 13.6. The van der Waals surface area contributed by atoms with Crippen LogP contribution in [0.3, 0.4) is 0 Å². The van der Waals surface area contributed by atoms with Crippen molar-refractivity contribution in [3.63, 3.8) is 0 Å². The van der Waals surface area contributed by atoms with E-state index in [0.29, 0.717) is 5.56 Å². The number of benzene rings is 1. The molecule has 0 N–H and O–H groups in total. The summed E-state index contributed by atoms with van der Waals surface area (Å²) in [5, 5.41) is 10.4. The number of alkyl halides is 3. The van der Waals surface area contributed by atoms with Gasteiger partial charge in [-0.15, -0.1) is 0 Å². The first-order valence-corrected chi connectivity index (χ1v) is 7.29. The van der Waals surface area contributed by atoms with Gasteiger partial charge in [0.2, 0.25) is 5.88 Å². The van der Waals surface area contributed by atoms with E-state index in [9.17, 15) is 28.1 Å². The maximum absolute atomic E-state index is 12.1. The number of non-ortho nitro benzene ring substituents is 1. The number of nitro benzene ring substituents is 1. The number of carbonyl (C=O) groups is 1. The molecule has 1 aromatic heterocycles. The van der Waals surface area contributed by atoms with Crippen molar-refractivity contribution >= 4 is 23.3 Å². The third-order valence-electron chi connectivity index (χ3n) is 2.91. The summed E-state index contributed by atoms with van der Waals surface area (Å²) >= 11 is 5.74. The van der Waals surface area contributed by atoms with Crippen LogP contribution in [0.4, 0.5) is 18.9 Å². The van der Waals surface area contributed by atoms with Gasteiger partial charge in [0.25, 0.3) is 5.69 Å². The van der Waals surface area contributed by atoms with Gasteiger partial charge in [-0.25, -0.2) is 9.78 Å². The van der Waals surface area contributed by atoms with Gasteiger partial charge in [0.1, 0.15) is 11.6 Å². The minimum absolute atomic E-state index is 0.111. The Morgan fingerprint density at radius 2 is 2.04 bits per heavy atom. The molecule has 7 nitrogen and oxygen atoms in total. The molecule has 0 saturated carbocycles. The highest BCUT2D eigenvalue weighted by molar-refractivity contribution is 6.32. The smallest absolute Gasteiger partial charge is 0.422 e. The summed E-state index contributed by atoms with van der Waals surface area (Å²) in [5.74, 6) is -1.33. The van der Waals surface area contributed by atoms with Crippen molar-refractivity contribution < 1.29 is 32.4 Å². The summed E-state index contributed by atoms with van der Waals surface area (Å²) in [6, 6.07) is 6.55. The maximum atomic E-state index is 12.1. The molecule has 0 atom stereocenters. The van der Waals surface area contributed by atoms with E-state index < -0.39 is 29.6 Å². The van der Waals surface area contributed by atoms with Gasteiger partial charge >= 0.3 is 12.1 Å². The van der Waals surface area contributed by atoms with Crippen LogP contribution in [0, 0.1) is 10.1 Å². The Morgan fingerprint density at radius 3 is 2.65 bits per heavy atom. The van der Waals surface area contributed by atoms with E-state index in [2.05, 4.69) is 9.72 Å². The number of ether oxygens (including phenoxy) is 2. The quantitative estimate of drug-likeness (QED) is 0.421. The van der Waals surface area contributed by atoms with Crippen LogP contribution in [0.1, 0.15) is 15.9 Å². The van der Waals surface area contributed by atoms with Crippen molar-refractivity contribution in [3.8, 4) is 5.88 Å². The highest BCUT2D eigenvalue weighted by Gasteiger charge is 2.29. The van der Waals surface area contributed by atoms with E-state index in [0.717, 1.165) is 12.3 Å². The van der Waals surface area contributed by atoms with Crippen LogP contribution in [0.15, 0.2) is 36.5 Å². The molecule has 11 heteroatoms. The van der Waals surface area contributed by atoms with E-state index in [1.54, 1.807) is 0 Å². The Balaban J connectivity index is 2.00. The van der Waals surface area contributed by atoms with Crippen molar-refractivity contribution in [2.75, 3.05) is 6.61 Å². The zero-order valence-electron chi connectivity index (χ0n) is 12.8. The molecular weight excluding hydrogens is 381 g/mol. The molecule has 0 saturated heterocycles.